The first-order valence-corrected chi connectivity index (χ1v) is 14.5. The second-order valence-electron chi connectivity index (χ2n) is 12.3. The molecule has 2 aliphatic rings. The van der Waals surface area contributed by atoms with E-state index in [1.54, 1.807) is 0 Å². The molecule has 0 bridgehead atoms. The Labute approximate surface area is 215 Å². The van der Waals surface area contributed by atoms with Crippen molar-refractivity contribution in [2.75, 3.05) is 0 Å². The number of rotatable bonds is 12. The molecule has 0 amide bonds. The van der Waals surface area contributed by atoms with Crippen LogP contribution < -0.4 is 0 Å². The van der Waals surface area contributed by atoms with Gasteiger partial charge in [-0.15, -0.1) is 0 Å². The molecule has 0 aromatic heterocycles. The van der Waals surface area contributed by atoms with Gasteiger partial charge in [0.05, 0.1) is 11.2 Å². The molecule has 2 rings (SSSR count). The molecule has 7 heteroatoms. The average Bonchev–Trinajstić information content (AvgIpc) is 3.12. The van der Waals surface area contributed by atoms with Crippen LogP contribution in [-0.4, -0.2) is 40.9 Å². The van der Waals surface area contributed by atoms with Crippen LogP contribution in [0, 0.1) is 23.7 Å². The van der Waals surface area contributed by atoms with Crippen LogP contribution in [0.2, 0.25) is 0 Å². The molecule has 2 aliphatic heterocycles. The van der Waals surface area contributed by atoms with Crippen LogP contribution in [0.25, 0.3) is 0 Å². The molecule has 0 N–H and O–H groups in total. The summed E-state index contributed by atoms with van der Waals surface area (Å²) in [5, 5.41) is 0.609. The van der Waals surface area contributed by atoms with E-state index in [4.69, 9.17) is 18.6 Å². The van der Waals surface area contributed by atoms with E-state index in [0.29, 0.717) is 22.3 Å². The van der Waals surface area contributed by atoms with E-state index in [0.717, 1.165) is 38.5 Å². The van der Waals surface area contributed by atoms with Crippen molar-refractivity contribution in [2.24, 2.45) is 23.7 Å². The van der Waals surface area contributed by atoms with E-state index >= 15 is 0 Å². The molecule has 6 atom stereocenters. The Kier molecular flexibility index (Phi) is 10.6. The molecule has 33 heavy (non-hydrogen) atoms. The SMILES string of the molecule is CC(C)CC1O[B-]2(OC(CC(C)C)C(CCC(C)S)(C(C)C)O2)OC1(CCC(C)S)C(C)C. The fraction of sp³-hybridized carbons (Fsp3) is 1.00. The maximum Gasteiger partial charge on any atom is 0.532 e. The summed E-state index contributed by atoms with van der Waals surface area (Å²) < 4.78 is 27.6. The number of hydrogen-bond donors (Lipinski definition) is 2. The second-order valence-corrected chi connectivity index (χ2v) is 14.1. The molecule has 2 heterocycles. The summed E-state index contributed by atoms with van der Waals surface area (Å²) in [5.41, 5.74) is -0.874. The van der Waals surface area contributed by atoms with Crippen LogP contribution in [0.15, 0.2) is 0 Å². The highest BCUT2D eigenvalue weighted by Crippen LogP contribution is 2.53. The van der Waals surface area contributed by atoms with E-state index in [1.165, 1.54) is 0 Å². The second kappa shape index (κ2) is 11.8. The molecule has 1 spiro atoms. The Hall–Kier alpha value is 0.605. The topological polar surface area (TPSA) is 36.9 Å². The molecule has 0 aliphatic carbocycles. The highest BCUT2D eigenvalue weighted by molar-refractivity contribution is 7.81. The zero-order valence-corrected chi connectivity index (χ0v) is 24.8. The van der Waals surface area contributed by atoms with Crippen molar-refractivity contribution in [1.29, 1.82) is 0 Å². The monoisotopic (exact) mass is 503 g/mol. The summed E-state index contributed by atoms with van der Waals surface area (Å²) in [5.74, 6) is 1.53. The third kappa shape index (κ3) is 6.88. The minimum absolute atomic E-state index is 0.0592. The smallest absolute Gasteiger partial charge is 0.514 e. The van der Waals surface area contributed by atoms with Crippen LogP contribution in [0.3, 0.4) is 0 Å². The van der Waals surface area contributed by atoms with Gasteiger partial charge in [-0.05, 0) is 72.7 Å². The van der Waals surface area contributed by atoms with Gasteiger partial charge in [0.15, 0.2) is 0 Å². The Morgan fingerprint density at radius 1 is 0.636 bits per heavy atom. The van der Waals surface area contributed by atoms with Crippen LogP contribution in [0.4, 0.5) is 0 Å². The minimum atomic E-state index is -2.28. The summed E-state index contributed by atoms with van der Waals surface area (Å²) in [6, 6.07) is 0. The summed E-state index contributed by atoms with van der Waals surface area (Å²) in [6.45, 7) is 20.0. The normalized spacial score (nSPS) is 36.7. The minimum Gasteiger partial charge on any atom is -0.514 e. The first kappa shape index (κ1) is 29.8. The molecule has 0 aromatic rings. The highest BCUT2D eigenvalue weighted by Gasteiger charge is 2.64. The molecule has 6 unspecified atom stereocenters. The van der Waals surface area contributed by atoms with Crippen molar-refractivity contribution >= 4 is 32.2 Å². The van der Waals surface area contributed by atoms with Gasteiger partial charge in [0.2, 0.25) is 0 Å². The van der Waals surface area contributed by atoms with Gasteiger partial charge < -0.3 is 18.6 Å². The number of hydrogen-bond acceptors (Lipinski definition) is 6. The Morgan fingerprint density at radius 2 is 0.970 bits per heavy atom. The molecular weight excluding hydrogens is 451 g/mol. The maximum absolute atomic E-state index is 6.99. The van der Waals surface area contributed by atoms with Gasteiger partial charge in [-0.3, -0.25) is 0 Å². The van der Waals surface area contributed by atoms with Crippen molar-refractivity contribution in [3.8, 4) is 0 Å². The van der Waals surface area contributed by atoms with Gasteiger partial charge in [0, 0.05) is 12.2 Å². The fourth-order valence-corrected chi connectivity index (χ4v) is 6.02. The van der Waals surface area contributed by atoms with Crippen LogP contribution in [-0.2, 0) is 18.6 Å². The van der Waals surface area contributed by atoms with Crippen molar-refractivity contribution in [1.82, 2.24) is 0 Å². The molecular formula is C26H52BO4S2-. The van der Waals surface area contributed by atoms with Crippen molar-refractivity contribution in [3.05, 3.63) is 0 Å². The summed E-state index contributed by atoms with van der Waals surface area (Å²) in [7, 11) is 0. The third-order valence-electron chi connectivity index (χ3n) is 7.71. The predicted molar refractivity (Wildman–Crippen MR) is 147 cm³/mol. The lowest BCUT2D eigenvalue weighted by Gasteiger charge is -2.44. The van der Waals surface area contributed by atoms with E-state index in [-0.39, 0.29) is 24.0 Å². The van der Waals surface area contributed by atoms with Gasteiger partial charge in [0.1, 0.15) is 0 Å². The van der Waals surface area contributed by atoms with Gasteiger partial charge >= 0.3 is 6.96 Å². The quantitative estimate of drug-likeness (QED) is 0.216. The zero-order chi connectivity index (χ0) is 25.2. The van der Waals surface area contributed by atoms with Crippen LogP contribution in [0.1, 0.15) is 108 Å². The zero-order valence-electron chi connectivity index (χ0n) is 23.0. The standard InChI is InChI=1S/C26H52BO4S2/c1-17(2)15-23-25(19(5)6,13-11-21(9)32)30-27(28-23)29-24(16-18(3)4)26(31-27,20(7)8)14-12-22(10)33/h17-24,32-33H,11-16H2,1-10H3/q-1. The lowest BCUT2D eigenvalue weighted by Crippen LogP contribution is -2.49. The van der Waals surface area contributed by atoms with Crippen LogP contribution in [0.5, 0.6) is 0 Å². The molecule has 2 fully saturated rings. The maximum atomic E-state index is 6.99. The molecule has 0 saturated carbocycles. The van der Waals surface area contributed by atoms with Crippen molar-refractivity contribution in [3.63, 3.8) is 0 Å². The van der Waals surface area contributed by atoms with E-state index in [9.17, 15) is 0 Å². The van der Waals surface area contributed by atoms with E-state index < -0.39 is 18.2 Å². The number of thiol groups is 2. The Bertz CT molecular complexity index is 561. The largest absolute Gasteiger partial charge is 0.532 e. The first-order valence-electron chi connectivity index (χ1n) is 13.4. The van der Waals surface area contributed by atoms with Gasteiger partial charge in [0.25, 0.3) is 0 Å². The molecule has 0 radical (unpaired) electrons. The van der Waals surface area contributed by atoms with Gasteiger partial charge in [-0.1, -0.05) is 69.2 Å². The van der Waals surface area contributed by atoms with E-state index in [1.807, 2.05) is 0 Å². The molecule has 2 saturated heterocycles. The van der Waals surface area contributed by atoms with Gasteiger partial charge in [-0.2, -0.15) is 25.3 Å². The summed E-state index contributed by atoms with van der Waals surface area (Å²) in [4.78, 5) is 0. The lowest BCUT2D eigenvalue weighted by atomic mass is 9.77. The summed E-state index contributed by atoms with van der Waals surface area (Å²) in [6.07, 6.45) is 5.44. The van der Waals surface area contributed by atoms with Crippen LogP contribution >= 0.6 is 25.3 Å². The summed E-state index contributed by atoms with van der Waals surface area (Å²) >= 11 is 9.34. The third-order valence-corrected chi connectivity index (χ3v) is 8.23. The lowest BCUT2D eigenvalue weighted by molar-refractivity contribution is -0.0470. The molecule has 196 valence electrons. The highest BCUT2D eigenvalue weighted by atomic mass is 32.1. The predicted octanol–water partition coefficient (Wildman–Crippen LogP) is 7.33. The Morgan fingerprint density at radius 3 is 1.21 bits per heavy atom. The molecule has 4 nitrogen and oxygen atoms in total. The van der Waals surface area contributed by atoms with Gasteiger partial charge in [-0.25, -0.2) is 0 Å². The van der Waals surface area contributed by atoms with Crippen molar-refractivity contribution in [2.45, 2.75) is 142 Å². The average molecular weight is 504 g/mol. The van der Waals surface area contributed by atoms with E-state index in [2.05, 4.69) is 94.5 Å². The first-order chi connectivity index (χ1) is 15.2. The Balaban J connectivity index is 2.48. The molecule has 0 aromatic carbocycles. The van der Waals surface area contributed by atoms with Crippen molar-refractivity contribution < 1.29 is 18.6 Å². The fourth-order valence-electron chi connectivity index (χ4n) is 5.76.